The average molecular weight is 393 g/mol. The first-order valence-electron chi connectivity index (χ1n) is 10.8. The molecule has 4 heteroatoms. The Morgan fingerprint density at radius 3 is 2.52 bits per heavy atom. The highest BCUT2D eigenvalue weighted by Crippen LogP contribution is 2.42. The van der Waals surface area contributed by atoms with Gasteiger partial charge in [0.1, 0.15) is 0 Å². The van der Waals surface area contributed by atoms with Crippen LogP contribution in [-0.2, 0) is 9.53 Å². The summed E-state index contributed by atoms with van der Waals surface area (Å²) in [5, 5.41) is 0. The standard InChI is InChI=1S/C25H32N2O2/c1-18-7-6-8-22(15-18)20-9-11-21(12-10-20)25-23-16-26(19(2)28)13-4-5-14-27(23)24(25)17-29-3/h6-12,15,23-25H,4-5,13-14,16-17H2,1-3H3/t23-,24+,25?/m0/s1. The van der Waals surface area contributed by atoms with E-state index in [0.29, 0.717) is 18.0 Å². The zero-order chi connectivity index (χ0) is 20.4. The van der Waals surface area contributed by atoms with E-state index in [9.17, 15) is 4.79 Å². The third kappa shape index (κ3) is 4.10. The van der Waals surface area contributed by atoms with Gasteiger partial charge in [0.15, 0.2) is 0 Å². The van der Waals surface area contributed by atoms with Crippen LogP contribution in [0.4, 0.5) is 0 Å². The van der Waals surface area contributed by atoms with Crippen molar-refractivity contribution in [1.82, 2.24) is 9.80 Å². The summed E-state index contributed by atoms with van der Waals surface area (Å²) in [6.45, 7) is 7.37. The predicted molar refractivity (Wildman–Crippen MR) is 117 cm³/mol. The molecule has 0 saturated carbocycles. The Bertz CT molecular complexity index is 848. The van der Waals surface area contributed by atoms with Gasteiger partial charge >= 0.3 is 0 Å². The zero-order valence-corrected chi connectivity index (χ0v) is 17.8. The topological polar surface area (TPSA) is 32.8 Å². The minimum atomic E-state index is 0.190. The Morgan fingerprint density at radius 2 is 1.83 bits per heavy atom. The maximum Gasteiger partial charge on any atom is 0.219 e. The molecule has 0 N–H and O–H groups in total. The van der Waals surface area contributed by atoms with Crippen LogP contribution in [0.15, 0.2) is 48.5 Å². The van der Waals surface area contributed by atoms with Crippen molar-refractivity contribution in [2.24, 2.45) is 0 Å². The Balaban J connectivity index is 1.59. The number of fused-ring (bicyclic) bond motifs is 1. The molecule has 4 rings (SSSR count). The molecule has 154 valence electrons. The highest BCUT2D eigenvalue weighted by Gasteiger charge is 2.49. The van der Waals surface area contributed by atoms with Crippen molar-refractivity contribution in [1.29, 1.82) is 0 Å². The first-order valence-corrected chi connectivity index (χ1v) is 10.8. The Hall–Kier alpha value is -2.17. The first-order chi connectivity index (χ1) is 14.1. The Kier molecular flexibility index (Phi) is 6.02. The summed E-state index contributed by atoms with van der Waals surface area (Å²) in [6, 6.07) is 18.4. The summed E-state index contributed by atoms with van der Waals surface area (Å²) in [5.74, 6) is 0.594. The molecule has 4 nitrogen and oxygen atoms in total. The molecule has 1 amide bonds. The van der Waals surface area contributed by atoms with Gasteiger partial charge in [0.2, 0.25) is 5.91 Å². The number of ether oxygens (including phenoxy) is 1. The van der Waals surface area contributed by atoms with E-state index in [1.54, 1.807) is 14.0 Å². The molecule has 0 bridgehead atoms. The molecule has 1 unspecified atom stereocenters. The van der Waals surface area contributed by atoms with Crippen molar-refractivity contribution >= 4 is 5.91 Å². The fraction of sp³-hybridized carbons (Fsp3) is 0.480. The minimum absolute atomic E-state index is 0.190. The van der Waals surface area contributed by atoms with Crippen LogP contribution in [0.25, 0.3) is 11.1 Å². The van der Waals surface area contributed by atoms with Gasteiger partial charge in [-0.2, -0.15) is 0 Å². The Morgan fingerprint density at radius 1 is 1.07 bits per heavy atom. The van der Waals surface area contributed by atoms with Crippen molar-refractivity contribution in [3.05, 3.63) is 59.7 Å². The molecule has 0 aliphatic carbocycles. The molecule has 0 spiro atoms. The monoisotopic (exact) mass is 392 g/mol. The second kappa shape index (κ2) is 8.68. The summed E-state index contributed by atoms with van der Waals surface area (Å²) in [4.78, 5) is 16.7. The second-order valence-corrected chi connectivity index (χ2v) is 8.52. The summed E-state index contributed by atoms with van der Waals surface area (Å²) in [6.07, 6.45) is 2.22. The Labute approximate surface area is 174 Å². The molecular weight excluding hydrogens is 360 g/mol. The molecule has 3 atom stereocenters. The number of hydrogen-bond donors (Lipinski definition) is 0. The van der Waals surface area contributed by atoms with Crippen molar-refractivity contribution < 1.29 is 9.53 Å². The number of carbonyl (C=O) groups excluding carboxylic acids is 1. The van der Waals surface area contributed by atoms with Crippen LogP contribution < -0.4 is 0 Å². The lowest BCUT2D eigenvalue weighted by Gasteiger charge is -2.57. The fourth-order valence-corrected chi connectivity index (χ4v) is 5.10. The van der Waals surface area contributed by atoms with E-state index >= 15 is 0 Å². The summed E-state index contributed by atoms with van der Waals surface area (Å²) < 4.78 is 5.58. The van der Waals surface area contributed by atoms with Gasteiger partial charge in [0.25, 0.3) is 0 Å². The second-order valence-electron chi connectivity index (χ2n) is 8.52. The van der Waals surface area contributed by atoms with E-state index in [0.717, 1.165) is 39.1 Å². The lowest BCUT2D eigenvalue weighted by atomic mass is 9.74. The minimum Gasteiger partial charge on any atom is -0.383 e. The highest BCUT2D eigenvalue weighted by molar-refractivity contribution is 5.73. The molecule has 29 heavy (non-hydrogen) atoms. The molecule has 2 aromatic rings. The number of amides is 1. The molecular formula is C25H32N2O2. The van der Waals surface area contributed by atoms with E-state index in [-0.39, 0.29) is 5.91 Å². The summed E-state index contributed by atoms with van der Waals surface area (Å²) >= 11 is 0. The molecule has 2 aromatic carbocycles. The van der Waals surface area contributed by atoms with Crippen molar-refractivity contribution in [2.75, 3.05) is 33.4 Å². The number of aryl methyl sites for hydroxylation is 1. The lowest BCUT2D eigenvalue weighted by Crippen LogP contribution is -2.68. The maximum absolute atomic E-state index is 12.1. The van der Waals surface area contributed by atoms with Crippen LogP contribution in [-0.4, -0.2) is 61.1 Å². The van der Waals surface area contributed by atoms with E-state index in [1.165, 1.54) is 22.3 Å². The number of rotatable bonds is 4. The van der Waals surface area contributed by atoms with Gasteiger partial charge in [-0.1, -0.05) is 54.1 Å². The first kappa shape index (κ1) is 20.1. The number of benzene rings is 2. The van der Waals surface area contributed by atoms with Crippen LogP contribution in [0.2, 0.25) is 0 Å². The van der Waals surface area contributed by atoms with E-state index in [1.807, 2.05) is 4.90 Å². The van der Waals surface area contributed by atoms with Crippen molar-refractivity contribution in [3.63, 3.8) is 0 Å². The van der Waals surface area contributed by atoms with Gasteiger partial charge < -0.3 is 9.64 Å². The normalized spacial score (nSPS) is 24.9. The molecule has 2 aliphatic heterocycles. The molecule has 2 saturated heterocycles. The quantitative estimate of drug-likeness (QED) is 0.786. The number of carbonyl (C=O) groups is 1. The summed E-state index contributed by atoms with van der Waals surface area (Å²) in [7, 11) is 1.79. The molecule has 0 aromatic heterocycles. The zero-order valence-electron chi connectivity index (χ0n) is 17.8. The summed E-state index contributed by atoms with van der Waals surface area (Å²) in [5.41, 5.74) is 5.14. The average Bonchev–Trinajstić information content (AvgIpc) is 2.69. The number of hydrogen-bond acceptors (Lipinski definition) is 3. The largest absolute Gasteiger partial charge is 0.383 e. The maximum atomic E-state index is 12.1. The smallest absolute Gasteiger partial charge is 0.219 e. The van der Waals surface area contributed by atoms with Crippen molar-refractivity contribution in [2.45, 2.75) is 44.7 Å². The predicted octanol–water partition coefficient (Wildman–Crippen LogP) is 4.09. The third-order valence-corrected chi connectivity index (χ3v) is 6.61. The molecule has 2 heterocycles. The molecule has 2 fully saturated rings. The molecule has 0 radical (unpaired) electrons. The van der Waals surface area contributed by atoms with Gasteiger partial charge in [-0.3, -0.25) is 9.69 Å². The van der Waals surface area contributed by atoms with Crippen LogP contribution >= 0.6 is 0 Å². The number of nitrogens with zero attached hydrogens (tertiary/aromatic N) is 2. The third-order valence-electron chi connectivity index (χ3n) is 6.61. The van der Waals surface area contributed by atoms with Crippen LogP contribution in [0, 0.1) is 6.92 Å². The van der Waals surface area contributed by atoms with Crippen LogP contribution in [0.3, 0.4) is 0 Å². The van der Waals surface area contributed by atoms with E-state index in [2.05, 4.69) is 60.4 Å². The SMILES string of the molecule is COC[C@@H]1C(c2ccc(-c3cccc(C)c3)cc2)[C@@H]2CN(C(C)=O)CCCCN12. The lowest BCUT2D eigenvalue weighted by molar-refractivity contribution is -0.134. The highest BCUT2D eigenvalue weighted by atomic mass is 16.5. The van der Waals surface area contributed by atoms with Gasteiger partial charge in [-0.05, 0) is 43.0 Å². The van der Waals surface area contributed by atoms with Crippen LogP contribution in [0.1, 0.15) is 36.8 Å². The van der Waals surface area contributed by atoms with E-state index < -0.39 is 0 Å². The fourth-order valence-electron chi connectivity index (χ4n) is 5.10. The van der Waals surface area contributed by atoms with Gasteiger partial charge in [0, 0.05) is 45.1 Å². The molecule has 2 aliphatic rings. The van der Waals surface area contributed by atoms with Gasteiger partial charge in [-0.15, -0.1) is 0 Å². The van der Waals surface area contributed by atoms with Crippen LogP contribution in [0.5, 0.6) is 0 Å². The number of methoxy groups -OCH3 is 1. The van der Waals surface area contributed by atoms with E-state index in [4.69, 9.17) is 4.74 Å². The van der Waals surface area contributed by atoms with Gasteiger partial charge in [0.05, 0.1) is 6.61 Å². The van der Waals surface area contributed by atoms with Gasteiger partial charge in [-0.25, -0.2) is 0 Å². The van der Waals surface area contributed by atoms with Crippen molar-refractivity contribution in [3.8, 4) is 11.1 Å².